The minimum atomic E-state index is -0.422. The van der Waals surface area contributed by atoms with Crippen molar-refractivity contribution in [1.82, 2.24) is 9.78 Å². The Hall–Kier alpha value is -2.61. The van der Waals surface area contributed by atoms with Crippen LogP contribution < -0.4 is 15.8 Å². The highest BCUT2D eigenvalue weighted by atomic mass is 32.2. The number of benzene rings is 1. The minimum Gasteiger partial charge on any atom is -0.324 e. The number of hydrogen-bond acceptors (Lipinski definition) is 5. The highest BCUT2D eigenvalue weighted by Crippen LogP contribution is 2.32. The van der Waals surface area contributed by atoms with Gasteiger partial charge in [-0.3, -0.25) is 14.4 Å². The van der Waals surface area contributed by atoms with E-state index in [0.717, 1.165) is 15.8 Å². The van der Waals surface area contributed by atoms with Crippen LogP contribution in [0.1, 0.15) is 25.0 Å². The first-order chi connectivity index (χ1) is 13.3. The molecule has 0 radical (unpaired) electrons. The smallest absolute Gasteiger partial charge is 0.292 e. The van der Waals surface area contributed by atoms with E-state index in [0.29, 0.717) is 22.8 Å². The second kappa shape index (κ2) is 8.18. The summed E-state index contributed by atoms with van der Waals surface area (Å²) in [4.78, 5) is 39.9. The van der Waals surface area contributed by atoms with E-state index < -0.39 is 5.56 Å². The number of anilines is 2. The molecule has 1 aromatic heterocycles. The first-order valence-electron chi connectivity index (χ1n) is 9.16. The van der Waals surface area contributed by atoms with E-state index >= 15 is 0 Å². The van der Waals surface area contributed by atoms with Gasteiger partial charge in [0.1, 0.15) is 12.2 Å². The molecule has 0 bridgehead atoms. The van der Waals surface area contributed by atoms with Crippen molar-refractivity contribution in [2.75, 3.05) is 22.5 Å². The summed E-state index contributed by atoms with van der Waals surface area (Å²) in [6.07, 6.45) is 1.56. The minimum absolute atomic E-state index is 0.0966. The van der Waals surface area contributed by atoms with Crippen molar-refractivity contribution in [2.24, 2.45) is 5.92 Å². The monoisotopic (exact) mass is 400 g/mol. The fourth-order valence-corrected chi connectivity index (χ4v) is 3.88. The van der Waals surface area contributed by atoms with Crippen molar-refractivity contribution < 1.29 is 9.59 Å². The first kappa shape index (κ1) is 20.1. The SMILES string of the molecule is Cc1ccc(NC(=O)Cn2ncc3c(c2=O)N(CC(C)C)C(=O)CS3)cc1C. The summed E-state index contributed by atoms with van der Waals surface area (Å²) in [6, 6.07) is 5.64. The van der Waals surface area contributed by atoms with Gasteiger partial charge in [-0.15, -0.1) is 11.8 Å². The van der Waals surface area contributed by atoms with E-state index in [9.17, 15) is 14.4 Å². The van der Waals surface area contributed by atoms with E-state index in [2.05, 4.69) is 10.4 Å². The number of aromatic nitrogens is 2. The molecule has 148 valence electrons. The van der Waals surface area contributed by atoms with Crippen molar-refractivity contribution in [3.05, 3.63) is 45.9 Å². The average molecular weight is 401 g/mol. The fourth-order valence-electron chi connectivity index (χ4n) is 2.99. The number of amides is 2. The molecule has 1 N–H and O–H groups in total. The van der Waals surface area contributed by atoms with E-state index in [-0.39, 0.29) is 30.0 Å². The molecule has 0 saturated heterocycles. The number of carbonyl (C=O) groups is 2. The molecule has 2 amide bonds. The number of fused-ring (bicyclic) bond motifs is 1. The number of hydrogen-bond donors (Lipinski definition) is 1. The summed E-state index contributed by atoms with van der Waals surface area (Å²) in [5.41, 5.74) is 2.78. The fraction of sp³-hybridized carbons (Fsp3) is 0.400. The van der Waals surface area contributed by atoms with Crippen LogP contribution >= 0.6 is 11.8 Å². The Balaban J connectivity index is 1.84. The summed E-state index contributed by atoms with van der Waals surface area (Å²) in [7, 11) is 0. The van der Waals surface area contributed by atoms with Gasteiger partial charge in [0.05, 0.1) is 16.8 Å². The number of aryl methyl sites for hydroxylation is 2. The molecule has 8 heteroatoms. The van der Waals surface area contributed by atoms with Gasteiger partial charge in [0.15, 0.2) is 0 Å². The number of rotatable bonds is 5. The van der Waals surface area contributed by atoms with Crippen LogP contribution in [0.25, 0.3) is 0 Å². The Labute approximate surface area is 168 Å². The third-order valence-electron chi connectivity index (χ3n) is 4.54. The number of nitrogens with one attached hydrogen (secondary N) is 1. The maximum absolute atomic E-state index is 13.0. The van der Waals surface area contributed by atoms with Crippen LogP contribution in [-0.2, 0) is 16.1 Å². The van der Waals surface area contributed by atoms with Crippen LogP contribution in [0.4, 0.5) is 11.4 Å². The van der Waals surface area contributed by atoms with Crippen LogP contribution in [0.5, 0.6) is 0 Å². The van der Waals surface area contributed by atoms with Crippen LogP contribution in [0.2, 0.25) is 0 Å². The largest absolute Gasteiger partial charge is 0.324 e. The molecular weight excluding hydrogens is 376 g/mol. The third kappa shape index (κ3) is 4.27. The summed E-state index contributed by atoms with van der Waals surface area (Å²) < 4.78 is 1.11. The Morgan fingerprint density at radius 2 is 2.00 bits per heavy atom. The Bertz CT molecular complexity index is 984. The maximum Gasteiger partial charge on any atom is 0.292 e. The standard InChI is InChI=1S/C20H24N4O3S/c1-12(2)9-23-18(26)11-28-16-8-21-24(20(27)19(16)23)10-17(25)22-15-6-5-13(3)14(4)7-15/h5-8,12H,9-11H2,1-4H3,(H,22,25). The summed E-state index contributed by atoms with van der Waals surface area (Å²) in [5, 5.41) is 6.92. The molecule has 0 atom stereocenters. The van der Waals surface area contributed by atoms with Gasteiger partial charge in [0, 0.05) is 12.2 Å². The third-order valence-corrected chi connectivity index (χ3v) is 5.54. The molecule has 2 heterocycles. The van der Waals surface area contributed by atoms with Gasteiger partial charge in [-0.05, 0) is 43.0 Å². The van der Waals surface area contributed by atoms with Gasteiger partial charge in [-0.1, -0.05) is 19.9 Å². The van der Waals surface area contributed by atoms with E-state index in [1.54, 1.807) is 6.20 Å². The number of thioether (sulfide) groups is 1. The molecule has 1 aliphatic rings. The van der Waals surface area contributed by atoms with Crippen LogP contribution in [-0.4, -0.2) is 33.9 Å². The molecule has 1 aromatic carbocycles. The quantitative estimate of drug-likeness (QED) is 0.834. The number of nitrogens with zero attached hydrogens (tertiary/aromatic N) is 3. The predicted octanol–water partition coefficient (Wildman–Crippen LogP) is 2.59. The zero-order chi connectivity index (χ0) is 20.4. The average Bonchev–Trinajstić information content (AvgIpc) is 2.62. The van der Waals surface area contributed by atoms with Crippen LogP contribution in [0.15, 0.2) is 34.1 Å². The second-order valence-electron chi connectivity index (χ2n) is 7.35. The van der Waals surface area contributed by atoms with Crippen molar-refractivity contribution in [2.45, 2.75) is 39.1 Å². The normalized spacial score (nSPS) is 13.6. The first-order valence-corrected chi connectivity index (χ1v) is 10.1. The number of carbonyl (C=O) groups excluding carboxylic acids is 2. The Kier molecular flexibility index (Phi) is 5.88. The Morgan fingerprint density at radius 3 is 2.68 bits per heavy atom. The topological polar surface area (TPSA) is 84.3 Å². The molecule has 0 fully saturated rings. The van der Waals surface area contributed by atoms with Gasteiger partial charge < -0.3 is 10.2 Å². The van der Waals surface area contributed by atoms with Gasteiger partial charge in [-0.2, -0.15) is 5.10 Å². The molecule has 2 aromatic rings. The molecule has 0 saturated carbocycles. The molecule has 1 aliphatic heterocycles. The molecule has 7 nitrogen and oxygen atoms in total. The van der Waals surface area contributed by atoms with Gasteiger partial charge in [-0.25, -0.2) is 4.68 Å². The highest BCUT2D eigenvalue weighted by Gasteiger charge is 2.29. The highest BCUT2D eigenvalue weighted by molar-refractivity contribution is 8.00. The molecule has 3 rings (SSSR count). The summed E-state index contributed by atoms with van der Waals surface area (Å²) in [5.74, 6) is 0.0654. The lowest BCUT2D eigenvalue weighted by atomic mass is 10.1. The van der Waals surface area contributed by atoms with Gasteiger partial charge in [0.2, 0.25) is 11.8 Å². The van der Waals surface area contributed by atoms with E-state index in [4.69, 9.17) is 0 Å². The van der Waals surface area contributed by atoms with Gasteiger partial charge in [0.25, 0.3) is 5.56 Å². The predicted molar refractivity (Wildman–Crippen MR) is 111 cm³/mol. The molecular formula is C20H24N4O3S. The zero-order valence-corrected chi connectivity index (χ0v) is 17.3. The molecule has 28 heavy (non-hydrogen) atoms. The Morgan fingerprint density at radius 1 is 1.25 bits per heavy atom. The lowest BCUT2D eigenvalue weighted by molar-refractivity contribution is -0.117. The van der Waals surface area contributed by atoms with Crippen molar-refractivity contribution in [3.8, 4) is 0 Å². The second-order valence-corrected chi connectivity index (χ2v) is 8.37. The zero-order valence-electron chi connectivity index (χ0n) is 16.5. The maximum atomic E-state index is 13.0. The molecule has 0 spiro atoms. The van der Waals surface area contributed by atoms with Gasteiger partial charge >= 0.3 is 0 Å². The van der Waals surface area contributed by atoms with E-state index in [1.807, 2.05) is 45.9 Å². The molecule has 0 unspecified atom stereocenters. The van der Waals surface area contributed by atoms with Crippen molar-refractivity contribution in [1.29, 1.82) is 0 Å². The van der Waals surface area contributed by atoms with E-state index in [1.165, 1.54) is 16.7 Å². The van der Waals surface area contributed by atoms with Crippen molar-refractivity contribution in [3.63, 3.8) is 0 Å². The lowest BCUT2D eigenvalue weighted by Gasteiger charge is -2.29. The lowest BCUT2D eigenvalue weighted by Crippen LogP contribution is -2.44. The van der Waals surface area contributed by atoms with Crippen LogP contribution in [0.3, 0.4) is 0 Å². The molecule has 0 aliphatic carbocycles. The summed E-state index contributed by atoms with van der Waals surface area (Å²) >= 11 is 1.31. The van der Waals surface area contributed by atoms with Crippen molar-refractivity contribution >= 4 is 35.0 Å². The summed E-state index contributed by atoms with van der Waals surface area (Å²) in [6.45, 7) is 8.20. The van der Waals surface area contributed by atoms with Crippen LogP contribution in [0, 0.1) is 19.8 Å².